The number of unbranched alkanes of at least 4 members (excludes halogenated alkanes) is 2. The molecule has 1 fully saturated rings. The molecular weight excluding hydrogens is 346 g/mol. The fraction of sp³-hybridized carbons (Fsp3) is 0.714. The van der Waals surface area contributed by atoms with Gasteiger partial charge in [-0.15, -0.1) is 0 Å². The highest BCUT2D eigenvalue weighted by atomic mass is 35.5. The van der Waals surface area contributed by atoms with Gasteiger partial charge in [-0.3, -0.25) is 0 Å². The van der Waals surface area contributed by atoms with Gasteiger partial charge in [0.25, 0.3) is 0 Å². The van der Waals surface area contributed by atoms with Crippen LogP contribution >= 0.6 is 11.6 Å². The van der Waals surface area contributed by atoms with Crippen molar-refractivity contribution in [2.45, 2.75) is 97.4 Å². The lowest BCUT2D eigenvalue weighted by Gasteiger charge is -2.32. The van der Waals surface area contributed by atoms with Gasteiger partial charge >= 0.3 is 7.12 Å². The summed E-state index contributed by atoms with van der Waals surface area (Å²) in [5, 5.41) is 12.0. The molecule has 146 valence electrons. The van der Waals surface area contributed by atoms with E-state index >= 15 is 0 Å². The molecule has 0 amide bonds. The molecule has 1 aliphatic heterocycles. The van der Waals surface area contributed by atoms with E-state index in [1.807, 2.05) is 53.7 Å². The maximum atomic E-state index is 11.3. The molecular formula is C21H34BClO3. The largest absolute Gasteiger partial charge is 0.494 e. The van der Waals surface area contributed by atoms with Crippen molar-refractivity contribution in [2.24, 2.45) is 0 Å². The molecule has 0 aromatic heterocycles. The summed E-state index contributed by atoms with van der Waals surface area (Å²) in [6.07, 6.45) is 4.55. The lowest BCUT2D eigenvalue weighted by Crippen LogP contribution is -2.41. The highest BCUT2D eigenvalue weighted by Gasteiger charge is 2.52. The van der Waals surface area contributed by atoms with E-state index in [2.05, 4.69) is 6.92 Å². The molecule has 1 saturated heterocycles. The summed E-state index contributed by atoms with van der Waals surface area (Å²) in [6, 6.07) is 3.99. The minimum Gasteiger partial charge on any atom is -0.399 e. The molecule has 3 nitrogen and oxygen atoms in total. The standard InChI is InChI=1S/C21H34BClO3/c1-8-10-11-12-21(24,9-2)17-14-16(13-15(3)18(17)23)22-25-19(4,5)20(6,7)26-22/h13-14,24H,8-12H2,1-7H3. The van der Waals surface area contributed by atoms with Crippen molar-refractivity contribution >= 4 is 24.2 Å². The Morgan fingerprint density at radius 1 is 1.08 bits per heavy atom. The first-order valence-corrected chi connectivity index (χ1v) is 10.2. The number of benzene rings is 1. The number of aryl methyl sites for hydroxylation is 1. The van der Waals surface area contributed by atoms with E-state index in [0.29, 0.717) is 17.9 Å². The predicted octanol–water partition coefficient (Wildman–Crippen LogP) is 5.13. The van der Waals surface area contributed by atoms with E-state index in [-0.39, 0.29) is 0 Å². The van der Waals surface area contributed by atoms with Crippen molar-refractivity contribution < 1.29 is 14.4 Å². The maximum absolute atomic E-state index is 11.3. The van der Waals surface area contributed by atoms with Crippen LogP contribution < -0.4 is 5.46 Å². The molecule has 1 atom stereocenters. The van der Waals surface area contributed by atoms with Crippen LogP contribution in [0.4, 0.5) is 0 Å². The van der Waals surface area contributed by atoms with Gasteiger partial charge in [-0.25, -0.2) is 0 Å². The summed E-state index contributed by atoms with van der Waals surface area (Å²) in [4.78, 5) is 0. The number of hydrogen-bond acceptors (Lipinski definition) is 3. The summed E-state index contributed by atoms with van der Waals surface area (Å²) in [5.41, 5.74) is 0.944. The Morgan fingerprint density at radius 3 is 2.15 bits per heavy atom. The van der Waals surface area contributed by atoms with Crippen LogP contribution in [0.25, 0.3) is 0 Å². The molecule has 2 rings (SSSR count). The number of aliphatic hydroxyl groups is 1. The van der Waals surface area contributed by atoms with Crippen molar-refractivity contribution in [2.75, 3.05) is 0 Å². The van der Waals surface area contributed by atoms with E-state index in [9.17, 15) is 5.11 Å². The van der Waals surface area contributed by atoms with Gasteiger partial charge in [-0.1, -0.05) is 56.8 Å². The highest BCUT2D eigenvalue weighted by Crippen LogP contribution is 2.39. The van der Waals surface area contributed by atoms with Crippen LogP contribution in [-0.2, 0) is 14.9 Å². The first kappa shape index (κ1) is 21.8. The normalized spacial score (nSPS) is 21.0. The summed E-state index contributed by atoms with van der Waals surface area (Å²) in [6.45, 7) is 14.3. The van der Waals surface area contributed by atoms with E-state index < -0.39 is 23.9 Å². The van der Waals surface area contributed by atoms with E-state index in [0.717, 1.165) is 35.9 Å². The van der Waals surface area contributed by atoms with Gasteiger partial charge in [-0.2, -0.15) is 0 Å². The Kier molecular flexibility index (Phi) is 6.55. The quantitative estimate of drug-likeness (QED) is 0.526. The van der Waals surface area contributed by atoms with Gasteiger partial charge in [0.15, 0.2) is 0 Å². The molecule has 1 unspecified atom stereocenters. The van der Waals surface area contributed by atoms with Crippen molar-refractivity contribution in [3.8, 4) is 0 Å². The lowest BCUT2D eigenvalue weighted by atomic mass is 9.74. The second-order valence-corrected chi connectivity index (χ2v) is 9.01. The topological polar surface area (TPSA) is 38.7 Å². The maximum Gasteiger partial charge on any atom is 0.494 e. The third-order valence-electron chi connectivity index (χ3n) is 6.08. The van der Waals surface area contributed by atoms with Crippen molar-refractivity contribution in [3.05, 3.63) is 28.3 Å². The molecule has 0 radical (unpaired) electrons. The summed E-state index contributed by atoms with van der Waals surface area (Å²) >= 11 is 6.62. The monoisotopic (exact) mass is 380 g/mol. The minimum atomic E-state index is -0.920. The molecule has 1 aromatic rings. The zero-order valence-electron chi connectivity index (χ0n) is 17.4. The molecule has 1 aliphatic rings. The highest BCUT2D eigenvalue weighted by molar-refractivity contribution is 6.62. The zero-order chi connectivity index (χ0) is 19.8. The number of halogens is 1. The molecule has 1 N–H and O–H groups in total. The van der Waals surface area contributed by atoms with Crippen LogP contribution in [0.3, 0.4) is 0 Å². The lowest BCUT2D eigenvalue weighted by molar-refractivity contribution is 0.00578. The van der Waals surface area contributed by atoms with Crippen molar-refractivity contribution in [1.29, 1.82) is 0 Å². The molecule has 0 saturated carbocycles. The van der Waals surface area contributed by atoms with Crippen molar-refractivity contribution in [1.82, 2.24) is 0 Å². The summed E-state index contributed by atoms with van der Waals surface area (Å²) < 4.78 is 12.4. The summed E-state index contributed by atoms with van der Waals surface area (Å²) in [5.74, 6) is 0. The van der Waals surface area contributed by atoms with Gasteiger partial charge in [0, 0.05) is 10.6 Å². The number of hydrogen-bond donors (Lipinski definition) is 1. The van der Waals surface area contributed by atoms with Crippen LogP contribution in [0.2, 0.25) is 5.02 Å². The van der Waals surface area contributed by atoms with Crippen LogP contribution in [0.1, 0.15) is 84.8 Å². The molecule has 1 heterocycles. The Balaban J connectivity index is 2.41. The number of rotatable bonds is 7. The average molecular weight is 381 g/mol. The first-order valence-electron chi connectivity index (χ1n) is 9.86. The molecule has 0 bridgehead atoms. The van der Waals surface area contributed by atoms with Crippen LogP contribution in [-0.4, -0.2) is 23.4 Å². The molecule has 1 aromatic carbocycles. The second kappa shape index (κ2) is 7.83. The smallest absolute Gasteiger partial charge is 0.399 e. The fourth-order valence-corrected chi connectivity index (χ4v) is 3.71. The van der Waals surface area contributed by atoms with Crippen molar-refractivity contribution in [3.63, 3.8) is 0 Å². The van der Waals surface area contributed by atoms with Gasteiger partial charge in [0.2, 0.25) is 0 Å². The Labute approximate surface area is 164 Å². The molecule has 26 heavy (non-hydrogen) atoms. The van der Waals surface area contributed by atoms with E-state index in [4.69, 9.17) is 20.9 Å². The predicted molar refractivity (Wildman–Crippen MR) is 110 cm³/mol. The second-order valence-electron chi connectivity index (χ2n) is 8.63. The van der Waals surface area contributed by atoms with Gasteiger partial charge in [0.05, 0.1) is 16.8 Å². The molecule has 0 aliphatic carbocycles. The third kappa shape index (κ3) is 4.14. The van der Waals surface area contributed by atoms with Gasteiger partial charge in [0.1, 0.15) is 0 Å². The Hall–Kier alpha value is -0.545. The SMILES string of the molecule is CCCCCC(O)(CC)c1cc(B2OC(C)(C)C(C)(C)O2)cc(C)c1Cl. The zero-order valence-corrected chi connectivity index (χ0v) is 18.2. The van der Waals surface area contributed by atoms with Gasteiger partial charge < -0.3 is 14.4 Å². The third-order valence-corrected chi connectivity index (χ3v) is 6.58. The average Bonchev–Trinajstić information content (AvgIpc) is 2.78. The minimum absolute atomic E-state index is 0.395. The van der Waals surface area contributed by atoms with Crippen LogP contribution in [0.5, 0.6) is 0 Å². The fourth-order valence-electron chi connectivity index (χ4n) is 3.42. The van der Waals surface area contributed by atoms with Crippen LogP contribution in [0.15, 0.2) is 12.1 Å². The Bertz CT molecular complexity index is 628. The summed E-state index contributed by atoms with van der Waals surface area (Å²) in [7, 11) is -0.452. The van der Waals surface area contributed by atoms with E-state index in [1.54, 1.807) is 0 Å². The molecule has 5 heteroatoms. The van der Waals surface area contributed by atoms with E-state index in [1.165, 1.54) is 0 Å². The molecule has 0 spiro atoms. The Morgan fingerprint density at radius 2 is 1.65 bits per heavy atom. The van der Waals surface area contributed by atoms with Gasteiger partial charge in [-0.05, 0) is 58.5 Å². The van der Waals surface area contributed by atoms with Crippen LogP contribution in [0, 0.1) is 6.92 Å². The first-order chi connectivity index (χ1) is 12.0.